The third-order valence-corrected chi connectivity index (χ3v) is 4.07. The first-order valence-electron chi connectivity index (χ1n) is 6.08. The van der Waals surface area contributed by atoms with E-state index in [4.69, 9.17) is 0 Å². The van der Waals surface area contributed by atoms with Crippen LogP contribution in [0.1, 0.15) is 5.56 Å². The smallest absolute Gasteiger partial charge is 0.113 e. The molecule has 3 aromatic rings. The molecule has 0 fully saturated rings. The van der Waals surface area contributed by atoms with Crippen LogP contribution in [0.5, 0.6) is 0 Å². The summed E-state index contributed by atoms with van der Waals surface area (Å²) in [5.74, 6) is 0. The Kier molecular flexibility index (Phi) is 3.72. The van der Waals surface area contributed by atoms with Crippen molar-refractivity contribution >= 4 is 31.9 Å². The molecular formula is C15H11Br2N3. The molecule has 0 aliphatic heterocycles. The SMILES string of the molecule is Cc1cc(Br)ccc1-c1cn(-c2ccc(Br)cc2)nn1. The first-order chi connectivity index (χ1) is 9.63. The average molecular weight is 393 g/mol. The molecule has 1 aromatic heterocycles. The van der Waals surface area contributed by atoms with Crippen molar-refractivity contribution < 1.29 is 0 Å². The largest absolute Gasteiger partial charge is 0.220 e. The number of hydrogen-bond donors (Lipinski definition) is 0. The Morgan fingerprint density at radius 1 is 0.950 bits per heavy atom. The van der Waals surface area contributed by atoms with Gasteiger partial charge in [0.2, 0.25) is 0 Å². The van der Waals surface area contributed by atoms with Gasteiger partial charge in [-0.15, -0.1) is 5.10 Å². The maximum atomic E-state index is 4.26. The molecule has 0 amide bonds. The topological polar surface area (TPSA) is 30.7 Å². The fourth-order valence-corrected chi connectivity index (χ4v) is 2.76. The highest BCUT2D eigenvalue weighted by molar-refractivity contribution is 9.10. The average Bonchev–Trinajstić information content (AvgIpc) is 2.89. The molecular weight excluding hydrogens is 382 g/mol. The lowest BCUT2D eigenvalue weighted by Gasteiger charge is -2.02. The molecule has 0 aliphatic rings. The maximum absolute atomic E-state index is 4.26. The van der Waals surface area contributed by atoms with Crippen molar-refractivity contribution in [1.82, 2.24) is 15.0 Å². The van der Waals surface area contributed by atoms with Gasteiger partial charge in [0.05, 0.1) is 11.9 Å². The minimum absolute atomic E-state index is 0.873. The van der Waals surface area contributed by atoms with Crippen LogP contribution in [0.15, 0.2) is 57.6 Å². The van der Waals surface area contributed by atoms with E-state index in [2.05, 4.69) is 61.2 Å². The molecule has 1 heterocycles. The fourth-order valence-electron chi connectivity index (χ4n) is 2.02. The van der Waals surface area contributed by atoms with Gasteiger partial charge in [-0.05, 0) is 48.9 Å². The lowest BCUT2D eigenvalue weighted by molar-refractivity contribution is 0.803. The molecule has 2 aromatic carbocycles. The van der Waals surface area contributed by atoms with Crippen molar-refractivity contribution in [2.45, 2.75) is 6.92 Å². The number of hydrogen-bond acceptors (Lipinski definition) is 2. The van der Waals surface area contributed by atoms with Crippen molar-refractivity contribution in [3.8, 4) is 16.9 Å². The van der Waals surface area contributed by atoms with Gasteiger partial charge in [-0.3, -0.25) is 0 Å². The molecule has 0 radical (unpaired) electrons. The van der Waals surface area contributed by atoms with Gasteiger partial charge in [-0.2, -0.15) is 0 Å². The Hall–Kier alpha value is -1.46. The summed E-state index contributed by atoms with van der Waals surface area (Å²) >= 11 is 6.90. The fraction of sp³-hybridized carbons (Fsp3) is 0.0667. The molecule has 0 aliphatic carbocycles. The van der Waals surface area contributed by atoms with Gasteiger partial charge in [0.1, 0.15) is 5.69 Å². The zero-order chi connectivity index (χ0) is 14.1. The normalized spacial score (nSPS) is 10.8. The molecule has 20 heavy (non-hydrogen) atoms. The lowest BCUT2D eigenvalue weighted by Crippen LogP contribution is -1.93. The summed E-state index contributed by atoms with van der Waals surface area (Å²) in [7, 11) is 0. The van der Waals surface area contributed by atoms with Gasteiger partial charge in [-0.25, -0.2) is 4.68 Å². The molecule has 3 rings (SSSR count). The Morgan fingerprint density at radius 3 is 2.35 bits per heavy atom. The number of benzene rings is 2. The summed E-state index contributed by atoms with van der Waals surface area (Å²) < 4.78 is 3.90. The molecule has 0 spiro atoms. The van der Waals surface area contributed by atoms with Crippen LogP contribution >= 0.6 is 31.9 Å². The zero-order valence-electron chi connectivity index (χ0n) is 10.7. The summed E-state index contributed by atoms with van der Waals surface area (Å²) in [5.41, 5.74) is 4.12. The van der Waals surface area contributed by atoms with Crippen LogP contribution in [-0.2, 0) is 0 Å². The Bertz CT molecular complexity index is 748. The lowest BCUT2D eigenvalue weighted by atomic mass is 10.1. The second-order valence-corrected chi connectivity index (χ2v) is 6.32. The van der Waals surface area contributed by atoms with Crippen molar-refractivity contribution in [2.24, 2.45) is 0 Å². The quantitative estimate of drug-likeness (QED) is 0.628. The van der Waals surface area contributed by atoms with Crippen LogP contribution < -0.4 is 0 Å². The molecule has 0 atom stereocenters. The van der Waals surface area contributed by atoms with Crippen LogP contribution in [0.3, 0.4) is 0 Å². The van der Waals surface area contributed by atoms with Gasteiger partial charge < -0.3 is 0 Å². The molecule has 5 heteroatoms. The zero-order valence-corrected chi connectivity index (χ0v) is 13.9. The van der Waals surface area contributed by atoms with Crippen LogP contribution in [0.4, 0.5) is 0 Å². The molecule has 3 nitrogen and oxygen atoms in total. The standard InChI is InChI=1S/C15H11Br2N3/c1-10-8-12(17)4-7-14(10)15-9-20(19-18-15)13-5-2-11(16)3-6-13/h2-9H,1H3. The molecule has 0 saturated heterocycles. The summed E-state index contributed by atoms with van der Waals surface area (Å²) in [6, 6.07) is 14.1. The molecule has 0 saturated carbocycles. The molecule has 0 bridgehead atoms. The highest BCUT2D eigenvalue weighted by Gasteiger charge is 2.08. The van der Waals surface area contributed by atoms with Gasteiger partial charge in [0.15, 0.2) is 0 Å². The van der Waals surface area contributed by atoms with E-state index >= 15 is 0 Å². The second kappa shape index (κ2) is 5.50. The van der Waals surface area contributed by atoms with Crippen LogP contribution in [0.2, 0.25) is 0 Å². The van der Waals surface area contributed by atoms with Gasteiger partial charge in [0.25, 0.3) is 0 Å². The third-order valence-electron chi connectivity index (χ3n) is 3.05. The van der Waals surface area contributed by atoms with E-state index < -0.39 is 0 Å². The number of halogens is 2. The second-order valence-electron chi connectivity index (χ2n) is 4.48. The summed E-state index contributed by atoms with van der Waals surface area (Å²) in [6.45, 7) is 2.07. The van der Waals surface area contributed by atoms with Gasteiger partial charge in [-0.1, -0.05) is 43.1 Å². The Morgan fingerprint density at radius 2 is 1.65 bits per heavy atom. The minimum Gasteiger partial charge on any atom is -0.220 e. The Labute approximate surface area is 133 Å². The predicted octanol–water partition coefficient (Wildman–Crippen LogP) is 4.77. The van der Waals surface area contributed by atoms with E-state index in [1.807, 2.05) is 36.5 Å². The number of nitrogens with zero attached hydrogens (tertiary/aromatic N) is 3. The summed E-state index contributed by atoms with van der Waals surface area (Å²) in [5, 5.41) is 8.46. The van der Waals surface area contributed by atoms with E-state index in [-0.39, 0.29) is 0 Å². The molecule has 0 unspecified atom stereocenters. The van der Waals surface area contributed by atoms with E-state index in [1.54, 1.807) is 4.68 Å². The van der Waals surface area contributed by atoms with Gasteiger partial charge >= 0.3 is 0 Å². The predicted molar refractivity (Wildman–Crippen MR) is 86.9 cm³/mol. The van der Waals surface area contributed by atoms with Crippen molar-refractivity contribution in [3.05, 3.63) is 63.2 Å². The molecule has 100 valence electrons. The highest BCUT2D eigenvalue weighted by Crippen LogP contribution is 2.25. The maximum Gasteiger partial charge on any atom is 0.113 e. The first kappa shape index (κ1) is 13.5. The Balaban J connectivity index is 1.99. The first-order valence-corrected chi connectivity index (χ1v) is 7.67. The minimum atomic E-state index is 0.873. The van der Waals surface area contributed by atoms with Crippen molar-refractivity contribution in [2.75, 3.05) is 0 Å². The van der Waals surface area contributed by atoms with Gasteiger partial charge in [0, 0.05) is 14.5 Å². The van der Waals surface area contributed by atoms with Crippen LogP contribution in [0, 0.1) is 6.92 Å². The third kappa shape index (κ3) is 2.69. The number of rotatable bonds is 2. The van der Waals surface area contributed by atoms with Crippen molar-refractivity contribution in [3.63, 3.8) is 0 Å². The van der Waals surface area contributed by atoms with Crippen molar-refractivity contribution in [1.29, 1.82) is 0 Å². The van der Waals surface area contributed by atoms with Crippen LogP contribution in [-0.4, -0.2) is 15.0 Å². The van der Waals surface area contributed by atoms with E-state index in [0.29, 0.717) is 0 Å². The summed E-state index contributed by atoms with van der Waals surface area (Å²) in [4.78, 5) is 0. The number of aryl methyl sites for hydroxylation is 1. The van der Waals surface area contributed by atoms with Crippen LogP contribution in [0.25, 0.3) is 16.9 Å². The van der Waals surface area contributed by atoms with E-state index in [0.717, 1.165) is 25.9 Å². The molecule has 0 N–H and O–H groups in total. The summed E-state index contributed by atoms with van der Waals surface area (Å²) in [6.07, 6.45) is 1.94. The van der Waals surface area contributed by atoms with E-state index in [1.165, 1.54) is 5.56 Å². The monoisotopic (exact) mass is 391 g/mol. The van der Waals surface area contributed by atoms with E-state index in [9.17, 15) is 0 Å². The highest BCUT2D eigenvalue weighted by atomic mass is 79.9. The number of aromatic nitrogens is 3.